The van der Waals surface area contributed by atoms with Crippen molar-refractivity contribution in [1.29, 1.82) is 0 Å². The molecular formula is C9H15N5O3S2. The van der Waals surface area contributed by atoms with Crippen molar-refractivity contribution in [2.24, 2.45) is 11.7 Å². The van der Waals surface area contributed by atoms with Crippen LogP contribution in [0.2, 0.25) is 0 Å². The molecule has 19 heavy (non-hydrogen) atoms. The monoisotopic (exact) mass is 305 g/mol. The molecule has 10 heteroatoms. The first-order chi connectivity index (χ1) is 8.87. The predicted octanol–water partition coefficient (Wildman–Crippen LogP) is -0.488. The molecule has 1 saturated carbocycles. The van der Waals surface area contributed by atoms with Gasteiger partial charge in [-0.2, -0.15) is 0 Å². The summed E-state index contributed by atoms with van der Waals surface area (Å²) in [5.74, 6) is -0.0379. The number of carbonyl (C=O) groups excluding carboxylic acids is 1. The van der Waals surface area contributed by atoms with Gasteiger partial charge in [-0.3, -0.25) is 4.79 Å². The average molecular weight is 305 g/mol. The largest absolute Gasteiger partial charge is 0.328 e. The fraction of sp³-hybridized carbons (Fsp3) is 0.667. The zero-order valence-corrected chi connectivity index (χ0v) is 11.9. The van der Waals surface area contributed by atoms with Crippen molar-refractivity contribution in [3.8, 4) is 0 Å². The van der Waals surface area contributed by atoms with E-state index in [-0.39, 0.29) is 27.3 Å². The van der Waals surface area contributed by atoms with Crippen LogP contribution >= 0.6 is 11.3 Å². The van der Waals surface area contributed by atoms with Gasteiger partial charge in [-0.05, 0) is 18.8 Å². The van der Waals surface area contributed by atoms with Gasteiger partial charge in [-0.25, -0.2) is 13.1 Å². The maximum absolute atomic E-state index is 11.9. The highest BCUT2D eigenvalue weighted by molar-refractivity contribution is 7.91. The van der Waals surface area contributed by atoms with Crippen molar-refractivity contribution in [3.05, 3.63) is 0 Å². The smallest absolute Gasteiger partial charge is 0.269 e. The molecule has 0 aliphatic heterocycles. The number of amides is 1. The van der Waals surface area contributed by atoms with E-state index in [0.29, 0.717) is 6.54 Å². The van der Waals surface area contributed by atoms with Crippen LogP contribution in [0.3, 0.4) is 0 Å². The van der Waals surface area contributed by atoms with Crippen molar-refractivity contribution in [2.75, 3.05) is 11.9 Å². The van der Waals surface area contributed by atoms with Crippen LogP contribution in [0.5, 0.6) is 0 Å². The van der Waals surface area contributed by atoms with Crippen molar-refractivity contribution >= 4 is 32.4 Å². The summed E-state index contributed by atoms with van der Waals surface area (Å²) in [5, 5.41) is 9.70. The zero-order valence-electron chi connectivity index (χ0n) is 10.3. The molecule has 0 bridgehead atoms. The third-order valence-electron chi connectivity index (χ3n) is 2.75. The van der Waals surface area contributed by atoms with Crippen LogP contribution in [0.4, 0.5) is 5.13 Å². The minimum atomic E-state index is -3.66. The van der Waals surface area contributed by atoms with Crippen molar-refractivity contribution in [1.82, 2.24) is 14.9 Å². The second-order valence-electron chi connectivity index (χ2n) is 4.50. The second-order valence-corrected chi connectivity index (χ2v) is 7.42. The van der Waals surface area contributed by atoms with Gasteiger partial charge in [0, 0.05) is 19.5 Å². The molecule has 0 atom stereocenters. The van der Waals surface area contributed by atoms with Gasteiger partial charge in [0.1, 0.15) is 0 Å². The van der Waals surface area contributed by atoms with E-state index in [9.17, 15) is 13.2 Å². The van der Waals surface area contributed by atoms with Crippen LogP contribution in [0, 0.1) is 5.92 Å². The quantitative estimate of drug-likeness (QED) is 0.630. The van der Waals surface area contributed by atoms with Gasteiger partial charge in [0.05, 0.1) is 0 Å². The van der Waals surface area contributed by atoms with E-state index < -0.39 is 10.0 Å². The lowest BCUT2D eigenvalue weighted by Gasteiger charge is -2.32. The summed E-state index contributed by atoms with van der Waals surface area (Å²) in [6.45, 7) is 1.67. The molecule has 2 rings (SSSR count). The van der Waals surface area contributed by atoms with Crippen LogP contribution in [0.1, 0.15) is 19.8 Å². The molecule has 106 valence electrons. The molecule has 4 N–H and O–H groups in total. The SMILES string of the molecule is CC(=O)Nc1nnc(S(=O)(=O)NCC2CC(N)C2)s1. The summed E-state index contributed by atoms with van der Waals surface area (Å²) >= 11 is 0.817. The normalized spacial score (nSPS) is 22.8. The Balaban J connectivity index is 1.95. The Morgan fingerprint density at radius 1 is 1.47 bits per heavy atom. The van der Waals surface area contributed by atoms with E-state index in [1.165, 1.54) is 6.92 Å². The average Bonchev–Trinajstić information content (AvgIpc) is 2.71. The summed E-state index contributed by atoms with van der Waals surface area (Å²) in [5.41, 5.74) is 5.63. The van der Waals surface area contributed by atoms with Crippen molar-refractivity contribution in [3.63, 3.8) is 0 Å². The molecule has 8 nitrogen and oxygen atoms in total. The maximum atomic E-state index is 11.9. The molecule has 0 spiro atoms. The van der Waals surface area contributed by atoms with E-state index in [1.54, 1.807) is 0 Å². The van der Waals surface area contributed by atoms with E-state index in [4.69, 9.17) is 5.73 Å². The predicted molar refractivity (Wildman–Crippen MR) is 70.1 cm³/mol. The second kappa shape index (κ2) is 5.49. The Morgan fingerprint density at radius 3 is 2.74 bits per heavy atom. The van der Waals surface area contributed by atoms with Crippen LogP contribution in [0.25, 0.3) is 0 Å². The molecular weight excluding hydrogens is 290 g/mol. The number of aromatic nitrogens is 2. The first-order valence-corrected chi connectivity index (χ1v) is 8.03. The Morgan fingerprint density at radius 2 is 2.16 bits per heavy atom. The third-order valence-corrected chi connectivity index (χ3v) is 5.38. The van der Waals surface area contributed by atoms with E-state index in [1.807, 2.05) is 0 Å². The van der Waals surface area contributed by atoms with Gasteiger partial charge < -0.3 is 11.1 Å². The highest BCUT2D eigenvalue weighted by atomic mass is 32.2. The lowest BCUT2D eigenvalue weighted by molar-refractivity contribution is -0.114. The molecule has 0 aromatic carbocycles. The van der Waals surface area contributed by atoms with Crippen LogP contribution in [-0.2, 0) is 14.8 Å². The third kappa shape index (κ3) is 3.69. The molecule has 0 radical (unpaired) electrons. The lowest BCUT2D eigenvalue weighted by Crippen LogP contribution is -2.42. The van der Waals surface area contributed by atoms with Crippen molar-refractivity contribution in [2.45, 2.75) is 30.1 Å². The Kier molecular flexibility index (Phi) is 4.13. The molecule has 0 unspecified atom stereocenters. The molecule has 0 saturated heterocycles. The number of carbonyl (C=O) groups is 1. The highest BCUT2D eigenvalue weighted by Gasteiger charge is 2.28. The topological polar surface area (TPSA) is 127 Å². The molecule has 1 amide bonds. The van der Waals surface area contributed by atoms with Crippen molar-refractivity contribution < 1.29 is 13.2 Å². The molecule has 1 fully saturated rings. The summed E-state index contributed by atoms with van der Waals surface area (Å²) < 4.78 is 26.1. The van der Waals surface area contributed by atoms with Gasteiger partial charge in [0.2, 0.25) is 15.4 Å². The summed E-state index contributed by atoms with van der Waals surface area (Å²) in [6.07, 6.45) is 1.66. The van der Waals surface area contributed by atoms with E-state index >= 15 is 0 Å². The highest BCUT2D eigenvalue weighted by Crippen LogP contribution is 2.25. The number of nitrogens with zero attached hydrogens (tertiary/aromatic N) is 2. The van der Waals surface area contributed by atoms with Gasteiger partial charge in [0.15, 0.2) is 0 Å². The van der Waals surface area contributed by atoms with Crippen LogP contribution < -0.4 is 15.8 Å². The number of nitrogens with one attached hydrogen (secondary N) is 2. The van der Waals surface area contributed by atoms with Gasteiger partial charge in [-0.15, -0.1) is 10.2 Å². The van der Waals surface area contributed by atoms with Crippen LogP contribution in [0.15, 0.2) is 4.34 Å². The number of hydrogen-bond acceptors (Lipinski definition) is 7. The lowest BCUT2D eigenvalue weighted by atomic mass is 9.81. The number of anilines is 1. The van der Waals surface area contributed by atoms with Crippen LogP contribution in [-0.4, -0.2) is 37.1 Å². The van der Waals surface area contributed by atoms with Gasteiger partial charge >= 0.3 is 0 Å². The Hall–Kier alpha value is -1.10. The maximum Gasteiger partial charge on any atom is 0.269 e. The minimum absolute atomic E-state index is 0.153. The molecule has 1 aromatic rings. The fourth-order valence-electron chi connectivity index (χ4n) is 1.76. The fourth-order valence-corrected chi connectivity index (χ4v) is 3.87. The summed E-state index contributed by atoms with van der Waals surface area (Å²) in [6, 6.07) is 0.183. The van der Waals surface area contributed by atoms with E-state index in [2.05, 4.69) is 20.2 Å². The standard InChI is InChI=1S/C9H15N5O3S2/c1-5(15)12-8-13-14-9(18-8)19(16,17)11-4-6-2-7(10)3-6/h6-7,11H,2-4,10H2,1H3,(H,12,13,15). The molecule has 1 aromatic heterocycles. The number of rotatable bonds is 5. The molecule has 1 aliphatic rings. The van der Waals surface area contributed by atoms with Gasteiger partial charge in [0.25, 0.3) is 10.0 Å². The number of hydrogen-bond donors (Lipinski definition) is 3. The number of sulfonamides is 1. The zero-order chi connectivity index (χ0) is 14.0. The Bertz CT molecular complexity index is 564. The summed E-state index contributed by atoms with van der Waals surface area (Å²) in [7, 11) is -3.66. The first kappa shape index (κ1) is 14.3. The minimum Gasteiger partial charge on any atom is -0.328 e. The van der Waals surface area contributed by atoms with E-state index in [0.717, 1.165) is 24.2 Å². The van der Waals surface area contributed by atoms with Gasteiger partial charge in [-0.1, -0.05) is 11.3 Å². The Labute approximate surface area is 114 Å². The molecule has 1 heterocycles. The molecule has 1 aliphatic carbocycles. The first-order valence-electron chi connectivity index (χ1n) is 5.73. The number of nitrogens with two attached hydrogens (primary N) is 1. The summed E-state index contributed by atoms with van der Waals surface area (Å²) in [4.78, 5) is 10.8.